The molecule has 7 heteroatoms. The van der Waals surface area contributed by atoms with Crippen LogP contribution in [0.3, 0.4) is 0 Å². The molecule has 0 radical (unpaired) electrons. The molecule has 0 spiro atoms. The van der Waals surface area contributed by atoms with Crippen LogP contribution in [0, 0.1) is 0 Å². The Kier molecular flexibility index (Phi) is 4.13. The lowest BCUT2D eigenvalue weighted by Gasteiger charge is -2.31. The van der Waals surface area contributed by atoms with Crippen molar-refractivity contribution in [2.75, 3.05) is 18.6 Å². The first-order chi connectivity index (χ1) is 16.5. The minimum absolute atomic E-state index is 0.249. The molecule has 4 aromatic rings. The van der Waals surface area contributed by atoms with E-state index in [1.807, 2.05) is 12.1 Å². The summed E-state index contributed by atoms with van der Waals surface area (Å²) in [5, 5.41) is 2.26. The molecule has 4 aromatic carbocycles. The molecule has 0 bridgehead atoms. The molecule has 6 rings (SSSR count). The zero-order valence-electron chi connectivity index (χ0n) is 18.4. The van der Waals surface area contributed by atoms with Gasteiger partial charge in [-0.25, -0.2) is 4.90 Å². The highest BCUT2D eigenvalue weighted by Gasteiger charge is 2.39. The van der Waals surface area contributed by atoms with Crippen molar-refractivity contribution in [1.29, 1.82) is 0 Å². The fraction of sp³-hybridized carbons (Fsp3) is 0.111. The van der Waals surface area contributed by atoms with Crippen LogP contribution in [0.2, 0.25) is 0 Å². The first-order valence-electron chi connectivity index (χ1n) is 10.9. The van der Waals surface area contributed by atoms with Crippen molar-refractivity contribution in [2.45, 2.75) is 6.92 Å². The Balaban J connectivity index is 1.64. The number of benzene rings is 4. The molecule has 0 saturated heterocycles. The van der Waals surface area contributed by atoms with Crippen LogP contribution in [0.1, 0.15) is 48.4 Å². The number of carbonyl (C=O) groups excluding carboxylic acids is 4. The third-order valence-corrected chi connectivity index (χ3v) is 6.60. The highest BCUT2D eigenvalue weighted by molar-refractivity contribution is 6.38. The van der Waals surface area contributed by atoms with Crippen molar-refractivity contribution in [3.05, 3.63) is 82.9 Å². The summed E-state index contributed by atoms with van der Waals surface area (Å²) < 4.78 is 5.47. The van der Waals surface area contributed by atoms with Crippen molar-refractivity contribution in [1.82, 2.24) is 4.90 Å². The Morgan fingerprint density at radius 3 is 2.09 bits per heavy atom. The molecule has 0 unspecified atom stereocenters. The first kappa shape index (κ1) is 20.1. The number of anilines is 1. The third-order valence-electron chi connectivity index (χ3n) is 6.60. The molecule has 0 atom stereocenters. The van der Waals surface area contributed by atoms with E-state index in [-0.39, 0.29) is 6.54 Å². The largest absolute Gasteiger partial charge is 0.496 e. The number of ether oxygens (including phenoxy) is 1. The molecule has 0 fully saturated rings. The van der Waals surface area contributed by atoms with E-state index in [1.54, 1.807) is 55.5 Å². The lowest BCUT2D eigenvalue weighted by Crippen LogP contribution is -2.42. The SMILES string of the molecule is CCN1C(=O)c2cccc3c(N4C(=O)c5cccc6ccc(OC)c(c56)C4=O)ccc(c23)C1=O. The smallest absolute Gasteiger partial charge is 0.269 e. The molecular formula is C27H18N2O5. The highest BCUT2D eigenvalue weighted by atomic mass is 16.5. The van der Waals surface area contributed by atoms with E-state index < -0.39 is 23.6 Å². The number of amides is 4. The van der Waals surface area contributed by atoms with Crippen LogP contribution < -0.4 is 9.64 Å². The van der Waals surface area contributed by atoms with Gasteiger partial charge in [0.1, 0.15) is 5.75 Å². The average molecular weight is 450 g/mol. The van der Waals surface area contributed by atoms with Gasteiger partial charge in [0, 0.05) is 39.4 Å². The summed E-state index contributed by atoms with van der Waals surface area (Å²) in [5.74, 6) is -1.41. The molecule has 4 amide bonds. The lowest BCUT2D eigenvalue weighted by atomic mass is 9.90. The second kappa shape index (κ2) is 6.99. The van der Waals surface area contributed by atoms with Crippen molar-refractivity contribution in [2.24, 2.45) is 0 Å². The van der Waals surface area contributed by atoms with Crippen molar-refractivity contribution in [3.8, 4) is 5.75 Å². The van der Waals surface area contributed by atoms with E-state index in [9.17, 15) is 19.2 Å². The molecule has 2 heterocycles. The number of methoxy groups -OCH3 is 1. The van der Waals surface area contributed by atoms with Crippen LogP contribution in [0.5, 0.6) is 5.75 Å². The minimum atomic E-state index is -0.518. The normalized spacial score (nSPS) is 15.0. The number of hydrogen-bond acceptors (Lipinski definition) is 5. The van der Waals surface area contributed by atoms with Crippen molar-refractivity contribution in [3.63, 3.8) is 0 Å². The van der Waals surface area contributed by atoms with Gasteiger partial charge in [-0.1, -0.05) is 30.3 Å². The Morgan fingerprint density at radius 1 is 0.706 bits per heavy atom. The zero-order valence-corrected chi connectivity index (χ0v) is 18.4. The molecule has 166 valence electrons. The zero-order chi connectivity index (χ0) is 23.7. The van der Waals surface area contributed by atoms with Gasteiger partial charge in [0.05, 0.1) is 18.4 Å². The Hall–Kier alpha value is -4.52. The summed E-state index contributed by atoms with van der Waals surface area (Å²) in [6, 6.07) is 17.1. The first-order valence-corrected chi connectivity index (χ1v) is 10.9. The summed E-state index contributed by atoms with van der Waals surface area (Å²) in [6.07, 6.45) is 0. The Bertz CT molecular complexity index is 1600. The maximum absolute atomic E-state index is 13.8. The molecule has 0 aliphatic carbocycles. The van der Waals surface area contributed by atoms with E-state index in [2.05, 4.69) is 0 Å². The van der Waals surface area contributed by atoms with E-state index in [0.29, 0.717) is 49.8 Å². The van der Waals surface area contributed by atoms with Crippen LogP contribution in [0.25, 0.3) is 21.5 Å². The third kappa shape index (κ3) is 2.41. The van der Waals surface area contributed by atoms with Crippen LogP contribution >= 0.6 is 0 Å². The topological polar surface area (TPSA) is 84.0 Å². The van der Waals surface area contributed by atoms with Gasteiger partial charge in [0.15, 0.2) is 0 Å². The summed E-state index contributed by atoms with van der Waals surface area (Å²) in [7, 11) is 1.48. The van der Waals surface area contributed by atoms with Crippen LogP contribution in [0.4, 0.5) is 5.69 Å². The van der Waals surface area contributed by atoms with Gasteiger partial charge in [0.2, 0.25) is 0 Å². The van der Waals surface area contributed by atoms with Crippen LogP contribution in [-0.2, 0) is 0 Å². The second-order valence-electron chi connectivity index (χ2n) is 8.21. The molecule has 2 aliphatic rings. The molecular weight excluding hydrogens is 432 g/mol. The fourth-order valence-corrected chi connectivity index (χ4v) is 5.08. The van der Waals surface area contributed by atoms with E-state index in [0.717, 1.165) is 10.3 Å². The van der Waals surface area contributed by atoms with Crippen LogP contribution in [0.15, 0.2) is 60.7 Å². The predicted octanol–water partition coefficient (Wildman–Crippen LogP) is 4.42. The van der Waals surface area contributed by atoms with Gasteiger partial charge >= 0.3 is 0 Å². The standard InChI is InChI=1S/C27H18N2O5/c1-3-28-24(30)17-9-5-7-15-19(12-11-18(22(15)17)25(28)31)29-26(32)16-8-4-6-14-10-13-20(34-2)23(21(14)16)27(29)33/h4-13H,3H2,1-2H3. The minimum Gasteiger partial charge on any atom is -0.496 e. The fourth-order valence-electron chi connectivity index (χ4n) is 5.08. The average Bonchev–Trinajstić information content (AvgIpc) is 2.86. The van der Waals surface area contributed by atoms with Gasteiger partial charge < -0.3 is 4.74 Å². The van der Waals surface area contributed by atoms with E-state index >= 15 is 0 Å². The van der Waals surface area contributed by atoms with Gasteiger partial charge in [-0.2, -0.15) is 0 Å². The number of rotatable bonds is 3. The summed E-state index contributed by atoms with van der Waals surface area (Å²) in [4.78, 5) is 55.7. The van der Waals surface area contributed by atoms with Gasteiger partial charge in [-0.15, -0.1) is 0 Å². The molecule has 2 aliphatic heterocycles. The second-order valence-corrected chi connectivity index (χ2v) is 8.21. The van der Waals surface area contributed by atoms with Crippen molar-refractivity contribution >= 4 is 50.9 Å². The maximum Gasteiger partial charge on any atom is 0.269 e. The number of imide groups is 2. The lowest BCUT2D eigenvalue weighted by molar-refractivity contribution is 0.0619. The Labute approximate surface area is 194 Å². The molecule has 0 saturated carbocycles. The predicted molar refractivity (Wildman–Crippen MR) is 127 cm³/mol. The van der Waals surface area contributed by atoms with Gasteiger partial charge in [0.25, 0.3) is 23.6 Å². The monoisotopic (exact) mass is 450 g/mol. The highest BCUT2D eigenvalue weighted by Crippen LogP contribution is 2.41. The molecule has 0 aromatic heterocycles. The molecule has 0 N–H and O–H groups in total. The number of carbonyl (C=O) groups is 4. The number of hydrogen-bond donors (Lipinski definition) is 0. The summed E-state index contributed by atoms with van der Waals surface area (Å²) >= 11 is 0. The summed E-state index contributed by atoms with van der Waals surface area (Å²) in [5.41, 5.74) is 1.74. The van der Waals surface area contributed by atoms with Gasteiger partial charge in [-0.05, 0) is 42.6 Å². The molecule has 34 heavy (non-hydrogen) atoms. The quantitative estimate of drug-likeness (QED) is 0.432. The Morgan fingerprint density at radius 2 is 1.38 bits per heavy atom. The van der Waals surface area contributed by atoms with Gasteiger partial charge in [-0.3, -0.25) is 24.1 Å². The maximum atomic E-state index is 13.8. The van der Waals surface area contributed by atoms with E-state index in [4.69, 9.17) is 4.74 Å². The van der Waals surface area contributed by atoms with E-state index in [1.165, 1.54) is 12.0 Å². The number of nitrogens with zero attached hydrogens (tertiary/aromatic N) is 2. The molecule has 7 nitrogen and oxygen atoms in total. The van der Waals surface area contributed by atoms with Crippen LogP contribution in [-0.4, -0.2) is 42.2 Å². The summed E-state index contributed by atoms with van der Waals surface area (Å²) in [6.45, 7) is 1.99. The van der Waals surface area contributed by atoms with Crippen molar-refractivity contribution < 1.29 is 23.9 Å².